The SMILES string of the molecule is C=Cc1c(/C=C(\C)c2ccc3oc4ccccc4c3c2)c2ccccc2n1-c1ccc2cc([Si](C(C)C)(C(C)C)C(C)C)ccc2n1. The molecule has 0 aliphatic carbocycles. The van der Waals surface area contributed by atoms with Gasteiger partial charge in [0.25, 0.3) is 0 Å². The summed E-state index contributed by atoms with van der Waals surface area (Å²) in [5, 5.41) is 6.20. The number of benzene rings is 4. The highest BCUT2D eigenvalue weighted by Gasteiger charge is 2.44. The van der Waals surface area contributed by atoms with Crippen molar-refractivity contribution in [1.82, 2.24) is 9.55 Å². The second-order valence-corrected chi connectivity index (χ2v) is 19.9. The van der Waals surface area contributed by atoms with E-state index >= 15 is 0 Å². The maximum Gasteiger partial charge on any atom is 0.138 e. The first kappa shape index (κ1) is 31.0. The van der Waals surface area contributed by atoms with Gasteiger partial charge in [0, 0.05) is 27.1 Å². The Kier molecular flexibility index (Phi) is 7.80. The number of fused-ring (bicyclic) bond motifs is 5. The van der Waals surface area contributed by atoms with Crippen molar-refractivity contribution in [3.63, 3.8) is 0 Å². The van der Waals surface area contributed by atoms with Crippen molar-refractivity contribution in [2.75, 3.05) is 0 Å². The summed E-state index contributed by atoms with van der Waals surface area (Å²) in [5.74, 6) is 0.903. The summed E-state index contributed by atoms with van der Waals surface area (Å²) in [5.41, 5.74) is 10.5. The Hall–Kier alpha value is -4.67. The molecule has 0 amide bonds. The second kappa shape index (κ2) is 11.8. The summed E-state index contributed by atoms with van der Waals surface area (Å²) in [7, 11) is -1.77. The fraction of sp³-hybridized carbons (Fsp3) is 0.233. The highest BCUT2D eigenvalue weighted by Crippen LogP contribution is 2.41. The Balaban J connectivity index is 1.35. The lowest BCUT2D eigenvalue weighted by Crippen LogP contribution is -2.55. The van der Waals surface area contributed by atoms with Crippen molar-refractivity contribution in [3.05, 3.63) is 120 Å². The number of hydrogen-bond donors (Lipinski definition) is 0. The Morgan fingerprint density at radius 3 is 2.15 bits per heavy atom. The smallest absolute Gasteiger partial charge is 0.138 e. The molecule has 0 unspecified atom stereocenters. The molecule has 0 atom stereocenters. The zero-order chi connectivity index (χ0) is 33.0. The maximum absolute atomic E-state index is 6.10. The van der Waals surface area contributed by atoms with E-state index in [1.807, 2.05) is 18.2 Å². The van der Waals surface area contributed by atoms with Crippen molar-refractivity contribution in [2.24, 2.45) is 0 Å². The van der Waals surface area contributed by atoms with Crippen molar-refractivity contribution in [2.45, 2.75) is 65.1 Å². The van der Waals surface area contributed by atoms with Crippen LogP contribution in [0, 0.1) is 0 Å². The van der Waals surface area contributed by atoms with Gasteiger partial charge in [-0.25, -0.2) is 4.98 Å². The molecule has 0 aliphatic heterocycles. The molecular formula is C43H44N2OSi. The first-order chi connectivity index (χ1) is 22.6. The fourth-order valence-corrected chi connectivity index (χ4v) is 15.4. The molecule has 4 heteroatoms. The first-order valence-corrected chi connectivity index (χ1v) is 19.2. The second-order valence-electron chi connectivity index (χ2n) is 14.0. The Morgan fingerprint density at radius 1 is 0.745 bits per heavy atom. The quantitative estimate of drug-likeness (QED) is 0.156. The molecule has 7 rings (SSSR count). The van der Waals surface area contributed by atoms with Crippen molar-refractivity contribution < 1.29 is 4.42 Å². The lowest BCUT2D eigenvalue weighted by molar-refractivity contribution is 0.669. The molecular weight excluding hydrogens is 589 g/mol. The zero-order valence-electron chi connectivity index (χ0n) is 28.6. The van der Waals surface area contributed by atoms with Crippen LogP contribution in [0.15, 0.2) is 108 Å². The van der Waals surface area contributed by atoms with Gasteiger partial charge in [0.15, 0.2) is 0 Å². The molecule has 0 bridgehead atoms. The van der Waals surface area contributed by atoms with Crippen LogP contribution in [0.1, 0.15) is 65.3 Å². The zero-order valence-corrected chi connectivity index (χ0v) is 29.6. The van der Waals surface area contributed by atoms with E-state index < -0.39 is 8.07 Å². The number of nitrogens with zero attached hydrogens (tertiary/aromatic N) is 2. The number of aromatic nitrogens is 2. The van der Waals surface area contributed by atoms with Gasteiger partial charge >= 0.3 is 0 Å². The van der Waals surface area contributed by atoms with Crippen LogP contribution in [0.3, 0.4) is 0 Å². The average molecular weight is 633 g/mol. The molecule has 0 aliphatic rings. The number of hydrogen-bond acceptors (Lipinski definition) is 2. The van der Waals surface area contributed by atoms with Crippen LogP contribution in [0.4, 0.5) is 0 Å². The summed E-state index contributed by atoms with van der Waals surface area (Å²) < 4.78 is 8.36. The third-order valence-electron chi connectivity index (χ3n) is 10.6. The van der Waals surface area contributed by atoms with Gasteiger partial charge in [-0.3, -0.25) is 4.57 Å². The van der Waals surface area contributed by atoms with Crippen LogP contribution in [-0.4, -0.2) is 17.6 Å². The highest BCUT2D eigenvalue weighted by atomic mass is 28.3. The molecule has 0 fully saturated rings. The van der Waals surface area contributed by atoms with Crippen LogP contribution < -0.4 is 5.19 Å². The molecule has 0 saturated heterocycles. The standard InChI is InChI=1S/C43H44N2OSi/c1-9-39-36(24-30(8)31-18-22-42-37(26-31)35-15-11-13-17-41(35)46-42)34-14-10-12-16-40(34)45(39)43-23-19-32-25-33(20-21-38(32)44-43)47(27(2)3,28(4)5)29(6)7/h9-29H,1H2,2-8H3/b30-24+. The van der Waals surface area contributed by atoms with Crippen LogP contribution in [-0.2, 0) is 0 Å². The van der Waals surface area contributed by atoms with E-state index in [1.54, 1.807) is 5.19 Å². The van der Waals surface area contributed by atoms with Crippen molar-refractivity contribution in [1.29, 1.82) is 0 Å². The number of furan rings is 1. The van der Waals surface area contributed by atoms with Crippen molar-refractivity contribution in [3.8, 4) is 5.82 Å². The van der Waals surface area contributed by atoms with Gasteiger partial charge in [-0.15, -0.1) is 0 Å². The molecule has 0 spiro atoms. The Morgan fingerprint density at radius 2 is 1.43 bits per heavy atom. The van der Waals surface area contributed by atoms with E-state index in [1.165, 1.54) is 21.9 Å². The molecule has 3 nitrogen and oxygen atoms in total. The van der Waals surface area contributed by atoms with Gasteiger partial charge in [0.2, 0.25) is 0 Å². The predicted molar refractivity (Wildman–Crippen MR) is 207 cm³/mol. The van der Waals surface area contributed by atoms with Crippen LogP contribution in [0.5, 0.6) is 0 Å². The van der Waals surface area contributed by atoms with Gasteiger partial charge in [-0.05, 0) is 89.3 Å². The normalized spacial score (nSPS) is 12.9. The lowest BCUT2D eigenvalue weighted by Gasteiger charge is -2.43. The number of pyridine rings is 1. The maximum atomic E-state index is 6.10. The van der Waals surface area contributed by atoms with Crippen LogP contribution >= 0.6 is 0 Å². The van der Waals surface area contributed by atoms with Crippen LogP contribution in [0.2, 0.25) is 16.6 Å². The third kappa shape index (κ3) is 4.89. The molecule has 0 N–H and O–H groups in total. The fourth-order valence-electron chi connectivity index (χ4n) is 8.66. The predicted octanol–water partition coefficient (Wildman–Crippen LogP) is 12.2. The molecule has 3 aromatic heterocycles. The summed E-state index contributed by atoms with van der Waals surface area (Å²) >= 11 is 0. The molecule has 4 aromatic carbocycles. The van der Waals surface area contributed by atoms with Gasteiger partial charge in [-0.2, -0.15) is 0 Å². The van der Waals surface area contributed by atoms with E-state index in [4.69, 9.17) is 9.40 Å². The largest absolute Gasteiger partial charge is 0.456 e. The molecule has 0 radical (unpaired) electrons. The Labute approximate surface area is 279 Å². The highest BCUT2D eigenvalue weighted by molar-refractivity contribution is 6.95. The topological polar surface area (TPSA) is 31.0 Å². The van der Waals surface area contributed by atoms with E-state index in [2.05, 4.69) is 151 Å². The molecule has 7 aromatic rings. The van der Waals surface area contributed by atoms with Crippen molar-refractivity contribution >= 4 is 74.7 Å². The summed E-state index contributed by atoms with van der Waals surface area (Å²) in [4.78, 5) is 5.27. The minimum atomic E-state index is -1.77. The summed E-state index contributed by atoms with van der Waals surface area (Å²) in [6.07, 6.45) is 4.26. The number of para-hydroxylation sites is 2. The molecule has 236 valence electrons. The third-order valence-corrected chi connectivity index (χ3v) is 17.7. The van der Waals surface area contributed by atoms with E-state index in [9.17, 15) is 0 Å². The van der Waals surface area contributed by atoms with Gasteiger partial charge in [-0.1, -0.05) is 108 Å². The Bertz CT molecular complexity index is 2310. The lowest BCUT2D eigenvalue weighted by atomic mass is 10.0. The number of rotatable bonds is 8. The average Bonchev–Trinajstić information content (AvgIpc) is 3.59. The minimum absolute atomic E-state index is 0.657. The number of allylic oxidation sites excluding steroid dienone is 1. The summed E-state index contributed by atoms with van der Waals surface area (Å²) in [6.45, 7) is 21.0. The van der Waals surface area contributed by atoms with E-state index in [0.29, 0.717) is 16.6 Å². The summed E-state index contributed by atoms with van der Waals surface area (Å²) in [6, 6.07) is 34.8. The van der Waals surface area contributed by atoms with E-state index in [0.717, 1.165) is 50.0 Å². The molecule has 0 saturated carbocycles. The monoisotopic (exact) mass is 632 g/mol. The van der Waals surface area contributed by atoms with Gasteiger partial charge in [0.1, 0.15) is 17.0 Å². The molecule has 3 heterocycles. The first-order valence-electron chi connectivity index (χ1n) is 16.9. The minimum Gasteiger partial charge on any atom is -0.456 e. The van der Waals surface area contributed by atoms with E-state index in [-0.39, 0.29) is 0 Å². The van der Waals surface area contributed by atoms with Crippen LogP contribution in [0.25, 0.3) is 67.3 Å². The van der Waals surface area contributed by atoms with Gasteiger partial charge in [0.05, 0.1) is 24.8 Å². The molecule has 47 heavy (non-hydrogen) atoms. The van der Waals surface area contributed by atoms with Gasteiger partial charge < -0.3 is 4.42 Å².